The molecule has 1 heterocycles. The fraction of sp³-hybridized carbons (Fsp3) is 0.500. The highest BCUT2D eigenvalue weighted by Crippen LogP contribution is 2.30. The number of benzene rings is 1. The summed E-state index contributed by atoms with van der Waals surface area (Å²) >= 11 is 5.86. The van der Waals surface area contributed by atoms with E-state index in [4.69, 9.17) is 16.3 Å². The Morgan fingerprint density at radius 1 is 1.50 bits per heavy atom. The average molecular weight is 265 g/mol. The van der Waals surface area contributed by atoms with Gasteiger partial charge >= 0.3 is 0 Å². The van der Waals surface area contributed by atoms with E-state index in [1.54, 1.807) is 0 Å². The van der Waals surface area contributed by atoms with Crippen LogP contribution >= 0.6 is 11.6 Å². The minimum absolute atomic E-state index is 0.165. The molecule has 1 aliphatic rings. The summed E-state index contributed by atoms with van der Waals surface area (Å²) in [7, 11) is 0. The molecular weight excluding hydrogens is 248 g/mol. The van der Waals surface area contributed by atoms with E-state index in [1.807, 2.05) is 24.3 Å². The van der Waals surface area contributed by atoms with Crippen molar-refractivity contribution in [3.05, 3.63) is 29.3 Å². The Kier molecular flexibility index (Phi) is 4.11. The number of hydrogen-bond acceptors (Lipinski definition) is 3. The molecule has 1 aromatic rings. The molecule has 18 heavy (non-hydrogen) atoms. The Labute approximate surface area is 113 Å². The Hall–Kier alpha value is -1.24. The van der Waals surface area contributed by atoms with Crippen molar-refractivity contribution in [2.24, 2.45) is 0 Å². The van der Waals surface area contributed by atoms with Crippen LogP contribution in [0.15, 0.2) is 24.3 Å². The van der Waals surface area contributed by atoms with Crippen LogP contribution < -0.4 is 5.32 Å². The molecule has 1 N–H and O–H groups in total. The summed E-state index contributed by atoms with van der Waals surface area (Å²) in [6.45, 7) is 2.72. The molecule has 2 rings (SSSR count). The van der Waals surface area contributed by atoms with Crippen LogP contribution in [-0.4, -0.2) is 18.2 Å². The van der Waals surface area contributed by atoms with E-state index in [0.29, 0.717) is 18.1 Å². The molecule has 96 valence electrons. The Bertz CT molecular complexity index is 440. The molecule has 1 saturated heterocycles. The summed E-state index contributed by atoms with van der Waals surface area (Å²) < 4.78 is 5.63. The molecule has 0 saturated carbocycles. The van der Waals surface area contributed by atoms with Crippen molar-refractivity contribution < 1.29 is 4.74 Å². The van der Waals surface area contributed by atoms with Gasteiger partial charge in [0, 0.05) is 23.6 Å². The van der Waals surface area contributed by atoms with Gasteiger partial charge in [0.15, 0.2) is 0 Å². The maximum atomic E-state index is 9.48. The third kappa shape index (κ3) is 2.95. The predicted octanol–water partition coefficient (Wildman–Crippen LogP) is 3.60. The highest BCUT2D eigenvalue weighted by molar-refractivity contribution is 6.30. The Balaban J connectivity index is 2.13. The molecule has 1 aliphatic heterocycles. The van der Waals surface area contributed by atoms with Crippen LogP contribution in [0.3, 0.4) is 0 Å². The molecule has 0 bridgehead atoms. The third-order valence-corrected chi connectivity index (χ3v) is 3.61. The fourth-order valence-corrected chi connectivity index (χ4v) is 2.39. The van der Waals surface area contributed by atoms with Gasteiger partial charge in [-0.05, 0) is 30.7 Å². The van der Waals surface area contributed by atoms with E-state index in [-0.39, 0.29) is 6.10 Å². The lowest BCUT2D eigenvalue weighted by molar-refractivity contribution is -0.00304. The first kappa shape index (κ1) is 13.2. The van der Waals surface area contributed by atoms with E-state index in [9.17, 15) is 5.26 Å². The third-order valence-electron chi connectivity index (χ3n) is 3.36. The molecule has 2 unspecified atom stereocenters. The maximum absolute atomic E-state index is 9.48. The van der Waals surface area contributed by atoms with E-state index in [1.165, 1.54) is 0 Å². The molecule has 1 fully saturated rings. The molecule has 0 amide bonds. The van der Waals surface area contributed by atoms with Gasteiger partial charge in [-0.2, -0.15) is 5.26 Å². The van der Waals surface area contributed by atoms with E-state index in [0.717, 1.165) is 18.5 Å². The van der Waals surface area contributed by atoms with Gasteiger partial charge in [-0.1, -0.05) is 18.5 Å². The number of halogens is 1. The second kappa shape index (κ2) is 5.60. The lowest BCUT2D eigenvalue weighted by Crippen LogP contribution is -2.45. The number of hydrogen-bond donors (Lipinski definition) is 1. The molecule has 1 aromatic carbocycles. The summed E-state index contributed by atoms with van der Waals surface area (Å²) in [5, 5.41) is 13.5. The molecule has 2 atom stereocenters. The lowest BCUT2D eigenvalue weighted by Gasteiger charge is -2.36. The van der Waals surface area contributed by atoms with Gasteiger partial charge in [0.1, 0.15) is 5.54 Å². The van der Waals surface area contributed by atoms with Crippen molar-refractivity contribution in [3.8, 4) is 6.07 Å². The van der Waals surface area contributed by atoms with Crippen molar-refractivity contribution in [3.63, 3.8) is 0 Å². The topological polar surface area (TPSA) is 45.0 Å². The zero-order valence-electron chi connectivity index (χ0n) is 10.4. The first-order chi connectivity index (χ1) is 8.67. The van der Waals surface area contributed by atoms with Gasteiger partial charge in [-0.25, -0.2) is 0 Å². The number of nitrogens with one attached hydrogen (secondary N) is 1. The smallest absolute Gasteiger partial charge is 0.130 e. The molecule has 0 radical (unpaired) electrons. The summed E-state index contributed by atoms with van der Waals surface area (Å²) in [4.78, 5) is 0. The highest BCUT2D eigenvalue weighted by atomic mass is 35.5. The Morgan fingerprint density at radius 3 is 2.83 bits per heavy atom. The predicted molar refractivity (Wildman–Crippen MR) is 72.7 cm³/mol. The monoisotopic (exact) mass is 264 g/mol. The molecule has 4 heteroatoms. The second-order valence-corrected chi connectivity index (χ2v) is 5.12. The molecule has 3 nitrogen and oxygen atoms in total. The molecular formula is C14H17ClN2O. The largest absolute Gasteiger partial charge is 0.378 e. The molecule has 0 aromatic heterocycles. The van der Waals surface area contributed by atoms with Gasteiger partial charge in [-0.15, -0.1) is 0 Å². The number of anilines is 1. The zero-order chi connectivity index (χ0) is 13.0. The van der Waals surface area contributed by atoms with Crippen molar-refractivity contribution in [1.29, 1.82) is 5.26 Å². The minimum Gasteiger partial charge on any atom is -0.378 e. The normalized spacial score (nSPS) is 27.5. The van der Waals surface area contributed by atoms with Crippen molar-refractivity contribution in [2.45, 2.75) is 37.8 Å². The van der Waals surface area contributed by atoms with Crippen LogP contribution in [0.1, 0.15) is 26.2 Å². The van der Waals surface area contributed by atoms with E-state index < -0.39 is 5.54 Å². The number of nitriles is 1. The van der Waals surface area contributed by atoms with Crippen LogP contribution in [0.25, 0.3) is 0 Å². The standard InChI is InChI=1S/C14H17ClN2O/c1-2-13-9-14(10-16,7-8-18-13)17-12-5-3-11(15)4-6-12/h3-6,13,17H,2,7-9H2,1H3. The number of rotatable bonds is 3. The van der Waals surface area contributed by atoms with Crippen LogP contribution in [0.2, 0.25) is 5.02 Å². The van der Waals surface area contributed by atoms with Gasteiger partial charge in [0.25, 0.3) is 0 Å². The van der Waals surface area contributed by atoms with Crippen LogP contribution in [0, 0.1) is 11.3 Å². The lowest BCUT2D eigenvalue weighted by atomic mass is 9.87. The van der Waals surface area contributed by atoms with E-state index >= 15 is 0 Å². The summed E-state index contributed by atoms with van der Waals surface area (Å²) in [5.74, 6) is 0. The summed E-state index contributed by atoms with van der Waals surface area (Å²) in [6, 6.07) is 9.87. The van der Waals surface area contributed by atoms with Gasteiger partial charge < -0.3 is 10.1 Å². The number of nitrogens with zero attached hydrogens (tertiary/aromatic N) is 1. The van der Waals surface area contributed by atoms with Crippen molar-refractivity contribution in [2.75, 3.05) is 11.9 Å². The zero-order valence-corrected chi connectivity index (χ0v) is 11.2. The fourth-order valence-electron chi connectivity index (χ4n) is 2.26. The minimum atomic E-state index is -0.521. The van der Waals surface area contributed by atoms with Crippen LogP contribution in [0.4, 0.5) is 5.69 Å². The van der Waals surface area contributed by atoms with Crippen LogP contribution in [-0.2, 0) is 4.74 Å². The summed E-state index contributed by atoms with van der Waals surface area (Å²) in [5.41, 5.74) is 0.407. The molecule has 0 aliphatic carbocycles. The second-order valence-electron chi connectivity index (χ2n) is 4.68. The Morgan fingerprint density at radius 2 is 2.22 bits per heavy atom. The highest BCUT2D eigenvalue weighted by Gasteiger charge is 2.36. The first-order valence-electron chi connectivity index (χ1n) is 6.24. The molecule has 0 spiro atoms. The van der Waals surface area contributed by atoms with E-state index in [2.05, 4.69) is 18.3 Å². The summed E-state index contributed by atoms with van der Waals surface area (Å²) in [6.07, 6.45) is 2.54. The van der Waals surface area contributed by atoms with Gasteiger partial charge in [0.05, 0.1) is 18.8 Å². The SMILES string of the molecule is CCC1CC(C#N)(Nc2ccc(Cl)cc2)CCO1. The van der Waals surface area contributed by atoms with Gasteiger partial charge in [0.2, 0.25) is 0 Å². The van der Waals surface area contributed by atoms with Gasteiger partial charge in [-0.3, -0.25) is 0 Å². The number of ether oxygens (including phenoxy) is 1. The van der Waals surface area contributed by atoms with Crippen LogP contribution in [0.5, 0.6) is 0 Å². The van der Waals surface area contributed by atoms with Crippen molar-refractivity contribution >= 4 is 17.3 Å². The quantitative estimate of drug-likeness (QED) is 0.907. The maximum Gasteiger partial charge on any atom is 0.130 e. The van der Waals surface area contributed by atoms with Crippen molar-refractivity contribution in [1.82, 2.24) is 0 Å². The first-order valence-corrected chi connectivity index (χ1v) is 6.62. The average Bonchev–Trinajstić information content (AvgIpc) is 2.42.